The Kier molecular flexibility index (Phi) is 5.54. The zero-order chi connectivity index (χ0) is 20.3. The standard InChI is InChI=1S/C21H20N2O5/c1-13(21(27)28-2)22-18(24)17(12-14-8-4-3-5-9-14)23-19(25)15-10-6-7-11-16(15)20(23)26/h3-11,13,17H,12H2,1-2H3,(H,22,24)/t13-,17+/m0/s1. The van der Waals surface area contributed by atoms with Gasteiger partial charge < -0.3 is 10.1 Å². The Labute approximate surface area is 162 Å². The zero-order valence-corrected chi connectivity index (χ0v) is 15.5. The minimum atomic E-state index is -1.10. The van der Waals surface area contributed by atoms with E-state index in [2.05, 4.69) is 10.1 Å². The number of methoxy groups -OCH3 is 1. The van der Waals surface area contributed by atoms with Gasteiger partial charge >= 0.3 is 5.97 Å². The Balaban J connectivity index is 1.93. The Hall–Kier alpha value is -3.48. The van der Waals surface area contributed by atoms with E-state index in [1.54, 1.807) is 24.3 Å². The minimum Gasteiger partial charge on any atom is -0.467 e. The second-order valence-electron chi connectivity index (χ2n) is 6.48. The van der Waals surface area contributed by atoms with Crippen LogP contribution in [-0.4, -0.2) is 47.8 Å². The van der Waals surface area contributed by atoms with E-state index >= 15 is 0 Å². The quantitative estimate of drug-likeness (QED) is 0.607. The van der Waals surface area contributed by atoms with Crippen molar-refractivity contribution < 1.29 is 23.9 Å². The molecule has 0 saturated carbocycles. The third-order valence-electron chi connectivity index (χ3n) is 4.63. The molecule has 0 unspecified atom stereocenters. The number of carbonyl (C=O) groups is 4. The molecule has 0 saturated heterocycles. The highest BCUT2D eigenvalue weighted by Crippen LogP contribution is 2.26. The molecule has 144 valence electrons. The van der Waals surface area contributed by atoms with Crippen LogP contribution in [0.3, 0.4) is 0 Å². The highest BCUT2D eigenvalue weighted by molar-refractivity contribution is 6.22. The smallest absolute Gasteiger partial charge is 0.328 e. The summed E-state index contributed by atoms with van der Waals surface area (Å²) in [7, 11) is 1.22. The number of hydrogen-bond donors (Lipinski definition) is 1. The molecule has 2 aromatic carbocycles. The van der Waals surface area contributed by atoms with E-state index in [0.717, 1.165) is 10.5 Å². The molecule has 7 nitrogen and oxygen atoms in total. The number of rotatable bonds is 6. The van der Waals surface area contributed by atoms with Gasteiger partial charge in [0.15, 0.2) is 0 Å². The molecule has 0 fully saturated rings. The molecule has 2 atom stereocenters. The van der Waals surface area contributed by atoms with Crippen LogP contribution in [-0.2, 0) is 20.7 Å². The lowest BCUT2D eigenvalue weighted by molar-refractivity contribution is -0.144. The highest BCUT2D eigenvalue weighted by Gasteiger charge is 2.43. The lowest BCUT2D eigenvalue weighted by Gasteiger charge is -2.26. The van der Waals surface area contributed by atoms with Gasteiger partial charge in [-0.3, -0.25) is 19.3 Å². The fraction of sp³-hybridized carbons (Fsp3) is 0.238. The highest BCUT2D eigenvalue weighted by atomic mass is 16.5. The fourth-order valence-corrected chi connectivity index (χ4v) is 3.17. The van der Waals surface area contributed by atoms with Crippen molar-refractivity contribution in [3.8, 4) is 0 Å². The van der Waals surface area contributed by atoms with Crippen molar-refractivity contribution >= 4 is 23.7 Å². The molecule has 0 bridgehead atoms. The first-order valence-corrected chi connectivity index (χ1v) is 8.83. The molecular weight excluding hydrogens is 360 g/mol. The molecule has 1 N–H and O–H groups in total. The second kappa shape index (κ2) is 8.04. The van der Waals surface area contributed by atoms with Crippen molar-refractivity contribution in [3.05, 3.63) is 71.3 Å². The molecule has 1 aliphatic heterocycles. The van der Waals surface area contributed by atoms with Crippen molar-refractivity contribution in [1.29, 1.82) is 0 Å². The van der Waals surface area contributed by atoms with E-state index in [-0.39, 0.29) is 17.5 Å². The van der Waals surface area contributed by atoms with Crippen molar-refractivity contribution in [2.24, 2.45) is 0 Å². The van der Waals surface area contributed by atoms with E-state index in [0.29, 0.717) is 0 Å². The molecule has 3 amide bonds. The molecule has 0 spiro atoms. The maximum atomic E-state index is 12.9. The summed E-state index contributed by atoms with van der Waals surface area (Å²) in [6.45, 7) is 1.48. The Morgan fingerprint density at radius 2 is 1.50 bits per heavy atom. The number of imide groups is 1. The number of nitrogens with zero attached hydrogens (tertiary/aromatic N) is 1. The predicted octanol–water partition coefficient (Wildman–Crippen LogP) is 1.57. The first-order chi connectivity index (χ1) is 13.4. The van der Waals surface area contributed by atoms with Crippen LogP contribution in [0.25, 0.3) is 0 Å². The van der Waals surface area contributed by atoms with E-state index in [9.17, 15) is 19.2 Å². The Morgan fingerprint density at radius 1 is 0.964 bits per heavy atom. The second-order valence-corrected chi connectivity index (χ2v) is 6.48. The minimum absolute atomic E-state index is 0.131. The number of amides is 3. The van der Waals surface area contributed by atoms with Crippen LogP contribution in [0.4, 0.5) is 0 Å². The molecule has 7 heteroatoms. The van der Waals surface area contributed by atoms with Gasteiger partial charge in [0.25, 0.3) is 11.8 Å². The van der Waals surface area contributed by atoms with E-state index in [1.807, 2.05) is 30.3 Å². The first kappa shape index (κ1) is 19.3. The maximum absolute atomic E-state index is 12.9. The summed E-state index contributed by atoms with van der Waals surface area (Å²) >= 11 is 0. The monoisotopic (exact) mass is 380 g/mol. The number of nitrogens with one attached hydrogen (secondary N) is 1. The van der Waals surface area contributed by atoms with Gasteiger partial charge in [-0.1, -0.05) is 42.5 Å². The van der Waals surface area contributed by atoms with Gasteiger partial charge in [-0.15, -0.1) is 0 Å². The number of hydrogen-bond acceptors (Lipinski definition) is 5. The maximum Gasteiger partial charge on any atom is 0.328 e. The normalized spacial score (nSPS) is 15.0. The number of benzene rings is 2. The molecule has 1 aliphatic rings. The van der Waals surface area contributed by atoms with E-state index < -0.39 is 35.8 Å². The molecule has 28 heavy (non-hydrogen) atoms. The number of ether oxygens (including phenoxy) is 1. The lowest BCUT2D eigenvalue weighted by Crippen LogP contribution is -2.53. The summed E-state index contributed by atoms with van der Waals surface area (Å²) < 4.78 is 4.63. The SMILES string of the molecule is COC(=O)[C@H](C)NC(=O)[C@@H](Cc1ccccc1)N1C(=O)c2ccccc2C1=O. The largest absolute Gasteiger partial charge is 0.467 e. The Morgan fingerprint density at radius 3 is 2.04 bits per heavy atom. The number of esters is 1. The van der Waals surface area contributed by atoms with Crippen LogP contribution in [0.1, 0.15) is 33.2 Å². The van der Waals surface area contributed by atoms with Crippen LogP contribution in [0, 0.1) is 0 Å². The van der Waals surface area contributed by atoms with Crippen LogP contribution >= 0.6 is 0 Å². The average Bonchev–Trinajstić information content (AvgIpc) is 2.97. The van der Waals surface area contributed by atoms with E-state index in [4.69, 9.17) is 0 Å². The van der Waals surface area contributed by atoms with Crippen molar-refractivity contribution in [2.75, 3.05) is 7.11 Å². The third-order valence-corrected chi connectivity index (χ3v) is 4.63. The van der Waals surface area contributed by atoms with Gasteiger partial charge in [0.05, 0.1) is 18.2 Å². The molecule has 0 aromatic heterocycles. The summed E-state index contributed by atoms with van der Waals surface area (Å²) in [5.41, 5.74) is 1.31. The van der Waals surface area contributed by atoms with Gasteiger partial charge in [0, 0.05) is 6.42 Å². The van der Waals surface area contributed by atoms with Crippen LogP contribution in [0.15, 0.2) is 54.6 Å². The summed E-state index contributed by atoms with van der Waals surface area (Å²) in [6, 6.07) is 13.5. The van der Waals surface area contributed by atoms with Crippen molar-refractivity contribution in [2.45, 2.75) is 25.4 Å². The number of carbonyl (C=O) groups excluding carboxylic acids is 4. The zero-order valence-electron chi connectivity index (χ0n) is 15.5. The Bertz CT molecular complexity index is 890. The first-order valence-electron chi connectivity index (χ1n) is 8.83. The van der Waals surface area contributed by atoms with Gasteiger partial charge in [-0.25, -0.2) is 4.79 Å². The summed E-state index contributed by atoms with van der Waals surface area (Å²) in [6.07, 6.45) is 0.131. The molecular formula is C21H20N2O5. The summed E-state index contributed by atoms with van der Waals surface area (Å²) in [4.78, 5) is 51.3. The molecule has 0 radical (unpaired) electrons. The van der Waals surface area contributed by atoms with Crippen LogP contribution in [0.5, 0.6) is 0 Å². The molecule has 2 aromatic rings. The number of fused-ring (bicyclic) bond motifs is 1. The van der Waals surface area contributed by atoms with Gasteiger partial charge in [-0.05, 0) is 24.6 Å². The van der Waals surface area contributed by atoms with Crippen LogP contribution < -0.4 is 5.32 Å². The molecule has 1 heterocycles. The van der Waals surface area contributed by atoms with Gasteiger partial charge in [0.2, 0.25) is 5.91 Å². The third kappa shape index (κ3) is 3.64. The van der Waals surface area contributed by atoms with Crippen LogP contribution in [0.2, 0.25) is 0 Å². The average molecular weight is 380 g/mol. The van der Waals surface area contributed by atoms with Gasteiger partial charge in [0.1, 0.15) is 12.1 Å². The molecule has 0 aliphatic carbocycles. The van der Waals surface area contributed by atoms with Crippen molar-refractivity contribution in [1.82, 2.24) is 10.2 Å². The summed E-state index contributed by atoms with van der Waals surface area (Å²) in [5, 5.41) is 2.54. The fourth-order valence-electron chi connectivity index (χ4n) is 3.17. The predicted molar refractivity (Wildman–Crippen MR) is 100 cm³/mol. The lowest BCUT2D eigenvalue weighted by atomic mass is 10.0. The van der Waals surface area contributed by atoms with E-state index in [1.165, 1.54) is 14.0 Å². The summed E-state index contributed by atoms with van der Waals surface area (Å²) in [5.74, 6) is -2.27. The topological polar surface area (TPSA) is 92.8 Å². The van der Waals surface area contributed by atoms with Gasteiger partial charge in [-0.2, -0.15) is 0 Å². The van der Waals surface area contributed by atoms with Crippen molar-refractivity contribution in [3.63, 3.8) is 0 Å². The molecule has 3 rings (SSSR count).